The average Bonchev–Trinajstić information content (AvgIpc) is 2.38. The number of likely N-dealkylation sites (N-methyl/N-ethyl adjacent to an activating group) is 1. The van der Waals surface area contributed by atoms with E-state index in [0.29, 0.717) is 5.57 Å². The Hall–Kier alpha value is -1.61. The van der Waals surface area contributed by atoms with Crippen LogP contribution in [0.5, 0.6) is 0 Å². The second kappa shape index (κ2) is 6.97. The molecular weight excluding hydrogens is 224 g/mol. The fraction of sp³-hybridized carbons (Fsp3) is 0.400. The normalized spacial score (nSPS) is 13.7. The average molecular weight is 246 g/mol. The molecule has 3 heteroatoms. The van der Waals surface area contributed by atoms with Gasteiger partial charge in [-0.3, -0.25) is 9.69 Å². The van der Waals surface area contributed by atoms with E-state index in [2.05, 4.69) is 25.7 Å². The summed E-state index contributed by atoms with van der Waals surface area (Å²) in [6, 6.07) is 9.76. The molecule has 98 valence electrons. The SMILES string of the molecule is CCN(CC)C(C)C=C(C(N)=O)c1ccccc1. The maximum Gasteiger partial charge on any atom is 0.249 e. The van der Waals surface area contributed by atoms with Gasteiger partial charge in [-0.05, 0) is 25.6 Å². The molecule has 0 saturated carbocycles. The van der Waals surface area contributed by atoms with Crippen molar-refractivity contribution < 1.29 is 4.79 Å². The van der Waals surface area contributed by atoms with E-state index in [9.17, 15) is 4.79 Å². The molecule has 0 aliphatic heterocycles. The van der Waals surface area contributed by atoms with E-state index in [4.69, 9.17) is 5.73 Å². The zero-order chi connectivity index (χ0) is 13.5. The molecule has 0 aromatic heterocycles. The summed E-state index contributed by atoms with van der Waals surface area (Å²) in [5.74, 6) is -0.375. The first-order chi connectivity index (χ1) is 8.60. The Labute approximate surface area is 109 Å². The lowest BCUT2D eigenvalue weighted by Crippen LogP contribution is -2.32. The molecule has 0 aliphatic carbocycles. The lowest BCUT2D eigenvalue weighted by Gasteiger charge is -2.24. The van der Waals surface area contributed by atoms with Gasteiger partial charge < -0.3 is 5.73 Å². The molecule has 0 spiro atoms. The van der Waals surface area contributed by atoms with Gasteiger partial charge in [0.15, 0.2) is 0 Å². The van der Waals surface area contributed by atoms with E-state index in [1.807, 2.05) is 36.4 Å². The van der Waals surface area contributed by atoms with E-state index in [-0.39, 0.29) is 11.9 Å². The van der Waals surface area contributed by atoms with E-state index in [1.54, 1.807) is 0 Å². The van der Waals surface area contributed by atoms with Crippen LogP contribution in [0.25, 0.3) is 5.57 Å². The highest BCUT2D eigenvalue weighted by molar-refractivity contribution is 6.18. The fourth-order valence-corrected chi connectivity index (χ4v) is 2.08. The van der Waals surface area contributed by atoms with Crippen LogP contribution in [0.1, 0.15) is 26.3 Å². The largest absolute Gasteiger partial charge is 0.366 e. The molecule has 3 nitrogen and oxygen atoms in total. The quantitative estimate of drug-likeness (QED) is 0.783. The van der Waals surface area contributed by atoms with Crippen LogP contribution in [0.4, 0.5) is 0 Å². The standard InChI is InChI=1S/C15H22N2O/c1-4-17(5-2)12(3)11-14(15(16)18)13-9-7-6-8-10-13/h6-12H,4-5H2,1-3H3,(H2,16,18). The third-order valence-corrected chi connectivity index (χ3v) is 3.15. The van der Waals surface area contributed by atoms with Crippen molar-refractivity contribution >= 4 is 11.5 Å². The number of hydrogen-bond acceptors (Lipinski definition) is 2. The van der Waals surface area contributed by atoms with Crippen molar-refractivity contribution in [3.63, 3.8) is 0 Å². The van der Waals surface area contributed by atoms with Crippen molar-refractivity contribution in [1.82, 2.24) is 4.90 Å². The van der Waals surface area contributed by atoms with Crippen LogP contribution in [0, 0.1) is 0 Å². The van der Waals surface area contributed by atoms with Crippen molar-refractivity contribution in [2.45, 2.75) is 26.8 Å². The smallest absolute Gasteiger partial charge is 0.249 e. The zero-order valence-corrected chi connectivity index (χ0v) is 11.4. The first-order valence-corrected chi connectivity index (χ1v) is 6.41. The Bertz CT molecular complexity index is 408. The summed E-state index contributed by atoms with van der Waals surface area (Å²) in [5.41, 5.74) is 6.95. The monoisotopic (exact) mass is 246 g/mol. The molecule has 1 rings (SSSR count). The molecule has 0 bridgehead atoms. The second-order valence-corrected chi connectivity index (χ2v) is 4.27. The number of carbonyl (C=O) groups excluding carboxylic acids is 1. The van der Waals surface area contributed by atoms with Gasteiger partial charge in [0.05, 0.1) is 0 Å². The molecule has 0 radical (unpaired) electrons. The van der Waals surface area contributed by atoms with Crippen LogP contribution in [-0.2, 0) is 4.79 Å². The van der Waals surface area contributed by atoms with Crippen LogP contribution in [0.2, 0.25) is 0 Å². The molecule has 1 atom stereocenters. The molecule has 18 heavy (non-hydrogen) atoms. The maximum atomic E-state index is 11.6. The van der Waals surface area contributed by atoms with Gasteiger partial charge >= 0.3 is 0 Å². The van der Waals surface area contributed by atoms with Gasteiger partial charge in [-0.25, -0.2) is 0 Å². The minimum Gasteiger partial charge on any atom is -0.366 e. The number of hydrogen-bond donors (Lipinski definition) is 1. The summed E-state index contributed by atoms with van der Waals surface area (Å²) in [5, 5.41) is 0. The highest BCUT2D eigenvalue weighted by Gasteiger charge is 2.13. The number of nitrogens with two attached hydrogens (primary N) is 1. The third-order valence-electron chi connectivity index (χ3n) is 3.15. The Morgan fingerprint density at radius 2 is 1.83 bits per heavy atom. The highest BCUT2D eigenvalue weighted by Crippen LogP contribution is 2.16. The van der Waals surface area contributed by atoms with Gasteiger partial charge in [0.2, 0.25) is 5.91 Å². The van der Waals surface area contributed by atoms with E-state index < -0.39 is 0 Å². The highest BCUT2D eigenvalue weighted by atomic mass is 16.1. The van der Waals surface area contributed by atoms with E-state index >= 15 is 0 Å². The first kappa shape index (κ1) is 14.5. The van der Waals surface area contributed by atoms with Crippen molar-refractivity contribution in [2.75, 3.05) is 13.1 Å². The van der Waals surface area contributed by atoms with Gasteiger partial charge in [-0.1, -0.05) is 50.3 Å². The van der Waals surface area contributed by atoms with Crippen LogP contribution < -0.4 is 5.73 Å². The summed E-state index contributed by atoms with van der Waals surface area (Å²) in [6.45, 7) is 8.21. The predicted molar refractivity (Wildman–Crippen MR) is 76.0 cm³/mol. The van der Waals surface area contributed by atoms with Crippen molar-refractivity contribution in [3.8, 4) is 0 Å². The molecule has 2 N–H and O–H groups in total. The number of nitrogens with zero attached hydrogens (tertiary/aromatic N) is 1. The minimum absolute atomic E-state index is 0.197. The van der Waals surface area contributed by atoms with Gasteiger partial charge in [0.25, 0.3) is 0 Å². The van der Waals surface area contributed by atoms with Crippen LogP contribution >= 0.6 is 0 Å². The molecular formula is C15H22N2O. The Morgan fingerprint density at radius 1 is 1.28 bits per heavy atom. The molecule has 0 heterocycles. The number of benzene rings is 1. The van der Waals surface area contributed by atoms with Crippen LogP contribution in [0.15, 0.2) is 36.4 Å². The van der Waals surface area contributed by atoms with E-state index in [0.717, 1.165) is 18.7 Å². The fourth-order valence-electron chi connectivity index (χ4n) is 2.08. The first-order valence-electron chi connectivity index (χ1n) is 6.41. The van der Waals surface area contributed by atoms with Gasteiger partial charge in [0, 0.05) is 11.6 Å². The summed E-state index contributed by atoms with van der Waals surface area (Å²) < 4.78 is 0. The van der Waals surface area contributed by atoms with Gasteiger partial charge in [-0.2, -0.15) is 0 Å². The molecule has 1 aromatic rings. The summed E-state index contributed by atoms with van der Waals surface area (Å²) in [7, 11) is 0. The Kier molecular flexibility index (Phi) is 5.59. The van der Waals surface area contributed by atoms with Crippen molar-refractivity contribution in [3.05, 3.63) is 42.0 Å². The molecule has 0 aliphatic rings. The third kappa shape index (κ3) is 3.70. The van der Waals surface area contributed by atoms with Gasteiger partial charge in [0.1, 0.15) is 0 Å². The summed E-state index contributed by atoms with van der Waals surface area (Å²) in [6.07, 6.45) is 1.95. The molecule has 0 saturated heterocycles. The Balaban J connectivity index is 3.03. The number of carbonyl (C=O) groups is 1. The number of rotatable bonds is 6. The van der Waals surface area contributed by atoms with Crippen molar-refractivity contribution in [1.29, 1.82) is 0 Å². The Morgan fingerprint density at radius 3 is 2.28 bits per heavy atom. The van der Waals surface area contributed by atoms with Crippen molar-refractivity contribution in [2.24, 2.45) is 5.73 Å². The zero-order valence-electron chi connectivity index (χ0n) is 11.4. The number of amides is 1. The molecule has 1 aromatic carbocycles. The maximum absolute atomic E-state index is 11.6. The molecule has 1 unspecified atom stereocenters. The second-order valence-electron chi connectivity index (χ2n) is 4.27. The summed E-state index contributed by atoms with van der Waals surface area (Å²) in [4.78, 5) is 13.8. The predicted octanol–water partition coefficient (Wildman–Crippen LogP) is 2.29. The summed E-state index contributed by atoms with van der Waals surface area (Å²) >= 11 is 0. The van der Waals surface area contributed by atoms with Gasteiger partial charge in [-0.15, -0.1) is 0 Å². The number of primary amides is 1. The lowest BCUT2D eigenvalue weighted by atomic mass is 10.0. The topological polar surface area (TPSA) is 46.3 Å². The minimum atomic E-state index is -0.375. The lowest BCUT2D eigenvalue weighted by molar-refractivity contribution is -0.112. The van der Waals surface area contributed by atoms with Crippen LogP contribution in [0.3, 0.4) is 0 Å². The molecule has 1 amide bonds. The van der Waals surface area contributed by atoms with Crippen LogP contribution in [-0.4, -0.2) is 29.9 Å². The van der Waals surface area contributed by atoms with E-state index in [1.165, 1.54) is 0 Å². The molecule has 0 fully saturated rings.